The van der Waals surface area contributed by atoms with Crippen LogP contribution in [0.5, 0.6) is 0 Å². The smallest absolute Gasteiger partial charge is 0.408 e. The molecule has 0 aromatic rings. The molecular weight excluding hydrogens is 324 g/mol. The summed E-state index contributed by atoms with van der Waals surface area (Å²) in [5.41, 5.74) is -0.662. The van der Waals surface area contributed by atoms with Crippen LogP contribution in [0, 0.1) is 11.8 Å². The van der Waals surface area contributed by atoms with Crippen molar-refractivity contribution in [3.8, 4) is 0 Å². The number of alkyl carbamates (subject to hydrolysis) is 1. The first-order valence-corrected chi connectivity index (χ1v) is 8.89. The third kappa shape index (κ3) is 7.75. The number of carbonyl (C=O) groups excluding carboxylic acids is 2. The molecule has 2 amide bonds. The molecule has 1 rings (SSSR count). The van der Waals surface area contributed by atoms with Crippen molar-refractivity contribution < 1.29 is 24.2 Å². The van der Waals surface area contributed by atoms with Crippen molar-refractivity contribution in [1.82, 2.24) is 10.2 Å². The minimum Gasteiger partial charge on any atom is -0.480 e. The molecule has 2 atom stereocenters. The Hall–Kier alpha value is -1.79. The minimum atomic E-state index is -1.04. The summed E-state index contributed by atoms with van der Waals surface area (Å²) in [6.07, 6.45) is 2.27. The molecule has 0 bridgehead atoms. The highest BCUT2D eigenvalue weighted by Gasteiger charge is 2.36. The quantitative estimate of drug-likeness (QED) is 0.697. The Morgan fingerprint density at radius 1 is 1.24 bits per heavy atom. The van der Waals surface area contributed by atoms with Crippen molar-refractivity contribution in [3.05, 3.63) is 0 Å². The maximum atomic E-state index is 12.8. The van der Waals surface area contributed by atoms with Gasteiger partial charge in [-0.2, -0.15) is 0 Å². The summed E-state index contributed by atoms with van der Waals surface area (Å²) in [5.74, 6) is -0.888. The molecule has 25 heavy (non-hydrogen) atoms. The van der Waals surface area contributed by atoms with Gasteiger partial charge in [-0.05, 0) is 45.4 Å². The number of carboxylic acid groups (broad SMARTS) is 1. The molecule has 1 saturated carbocycles. The van der Waals surface area contributed by atoms with Gasteiger partial charge in [-0.15, -0.1) is 0 Å². The monoisotopic (exact) mass is 356 g/mol. The fraction of sp³-hybridized carbons (Fsp3) is 0.833. The van der Waals surface area contributed by atoms with E-state index in [-0.39, 0.29) is 11.8 Å². The lowest BCUT2D eigenvalue weighted by Gasteiger charge is -2.30. The number of amides is 2. The lowest BCUT2D eigenvalue weighted by Crippen LogP contribution is -2.53. The number of carbonyl (C=O) groups is 3. The zero-order valence-corrected chi connectivity index (χ0v) is 16.2. The van der Waals surface area contributed by atoms with Gasteiger partial charge in [0.2, 0.25) is 5.91 Å². The van der Waals surface area contributed by atoms with E-state index in [1.165, 1.54) is 11.9 Å². The molecule has 144 valence electrons. The summed E-state index contributed by atoms with van der Waals surface area (Å²) >= 11 is 0. The highest BCUT2D eigenvalue weighted by Crippen LogP contribution is 2.34. The molecule has 0 radical (unpaired) electrons. The van der Waals surface area contributed by atoms with Gasteiger partial charge in [0.25, 0.3) is 0 Å². The molecule has 7 heteroatoms. The van der Waals surface area contributed by atoms with Crippen LogP contribution in [0.1, 0.15) is 60.3 Å². The summed E-state index contributed by atoms with van der Waals surface area (Å²) in [7, 11) is 1.49. The molecule has 0 spiro atoms. The van der Waals surface area contributed by atoms with Crippen LogP contribution in [0.2, 0.25) is 0 Å². The molecule has 1 aliphatic rings. The zero-order valence-electron chi connectivity index (χ0n) is 16.2. The van der Waals surface area contributed by atoms with Crippen molar-refractivity contribution in [2.45, 2.75) is 78.0 Å². The molecule has 0 unspecified atom stereocenters. The Morgan fingerprint density at radius 3 is 2.20 bits per heavy atom. The van der Waals surface area contributed by atoms with Gasteiger partial charge < -0.3 is 20.1 Å². The van der Waals surface area contributed by atoms with Gasteiger partial charge in [0.05, 0.1) is 0 Å². The first kappa shape index (κ1) is 21.3. The molecule has 1 fully saturated rings. The fourth-order valence-corrected chi connectivity index (χ4v) is 2.63. The number of likely N-dealkylation sites (N-methyl/N-ethyl adjacent to an activating group) is 1. The largest absolute Gasteiger partial charge is 0.480 e. The number of rotatable bonds is 8. The van der Waals surface area contributed by atoms with Crippen molar-refractivity contribution in [2.24, 2.45) is 11.8 Å². The summed E-state index contributed by atoms with van der Waals surface area (Å²) in [5, 5.41) is 12.1. The predicted molar refractivity (Wildman–Crippen MR) is 94.1 cm³/mol. The molecule has 0 heterocycles. The maximum Gasteiger partial charge on any atom is 0.408 e. The van der Waals surface area contributed by atoms with Crippen molar-refractivity contribution in [1.29, 1.82) is 0 Å². The van der Waals surface area contributed by atoms with E-state index in [1.54, 1.807) is 20.8 Å². The van der Waals surface area contributed by atoms with Gasteiger partial charge in [-0.3, -0.25) is 4.79 Å². The second-order valence-electron chi connectivity index (χ2n) is 8.31. The summed E-state index contributed by atoms with van der Waals surface area (Å²) in [4.78, 5) is 37.7. The van der Waals surface area contributed by atoms with Crippen LogP contribution in [-0.4, -0.2) is 52.7 Å². The fourth-order valence-electron chi connectivity index (χ4n) is 2.63. The van der Waals surface area contributed by atoms with Crippen LogP contribution in [0.15, 0.2) is 0 Å². The predicted octanol–water partition coefficient (Wildman–Crippen LogP) is 2.64. The molecule has 7 nitrogen and oxygen atoms in total. The Kier molecular flexibility index (Phi) is 7.26. The third-order valence-electron chi connectivity index (χ3n) is 4.05. The Bertz CT molecular complexity index is 494. The van der Waals surface area contributed by atoms with Crippen molar-refractivity contribution >= 4 is 18.0 Å². The standard InChI is InChI=1S/C18H32N2O5/c1-11(2)9-14(16(22)23)20(6)15(21)13(10-12-7-8-12)19-17(24)25-18(3,4)5/h11-14H,7-10H2,1-6H3,(H,19,24)(H,22,23)/t13-,14-/m0/s1. The van der Waals surface area contributed by atoms with E-state index in [0.29, 0.717) is 18.8 Å². The number of ether oxygens (including phenoxy) is 1. The van der Waals surface area contributed by atoms with Crippen molar-refractivity contribution in [3.63, 3.8) is 0 Å². The number of aliphatic carboxylic acids is 1. The number of hydrogen-bond donors (Lipinski definition) is 2. The van der Waals surface area contributed by atoms with Crippen LogP contribution in [0.25, 0.3) is 0 Å². The molecule has 1 aliphatic carbocycles. The topological polar surface area (TPSA) is 95.9 Å². The van der Waals surface area contributed by atoms with E-state index < -0.39 is 29.7 Å². The molecular formula is C18H32N2O5. The van der Waals surface area contributed by atoms with Gasteiger partial charge in [0.15, 0.2) is 0 Å². The van der Waals surface area contributed by atoms with Gasteiger partial charge >= 0.3 is 12.1 Å². The molecule has 0 aromatic heterocycles. The van der Waals surface area contributed by atoms with E-state index in [1.807, 2.05) is 13.8 Å². The summed E-state index contributed by atoms with van der Waals surface area (Å²) < 4.78 is 5.24. The molecule has 0 aliphatic heterocycles. The second-order valence-corrected chi connectivity index (χ2v) is 8.31. The van der Waals surface area contributed by atoms with Crippen LogP contribution < -0.4 is 5.32 Å². The SMILES string of the molecule is CC(C)C[C@@H](C(=O)O)N(C)C(=O)[C@H](CC1CC1)NC(=O)OC(C)(C)C. The third-order valence-corrected chi connectivity index (χ3v) is 4.05. The van der Waals surface area contributed by atoms with Gasteiger partial charge in [0, 0.05) is 7.05 Å². The number of hydrogen-bond acceptors (Lipinski definition) is 4. The van der Waals surface area contributed by atoms with Crippen molar-refractivity contribution in [2.75, 3.05) is 7.05 Å². The number of carboxylic acids is 1. The highest BCUT2D eigenvalue weighted by atomic mass is 16.6. The number of nitrogens with one attached hydrogen (secondary N) is 1. The molecule has 0 saturated heterocycles. The number of nitrogens with zero attached hydrogens (tertiary/aromatic N) is 1. The highest BCUT2D eigenvalue weighted by molar-refractivity contribution is 5.89. The van der Waals surface area contributed by atoms with Crippen LogP contribution in [0.4, 0.5) is 4.79 Å². The van der Waals surface area contributed by atoms with Gasteiger partial charge in [-0.1, -0.05) is 26.7 Å². The second kappa shape index (κ2) is 8.54. The molecule has 0 aromatic carbocycles. The Morgan fingerprint density at radius 2 is 1.80 bits per heavy atom. The van der Waals surface area contributed by atoms with Crippen LogP contribution >= 0.6 is 0 Å². The van der Waals surface area contributed by atoms with Crippen LogP contribution in [-0.2, 0) is 14.3 Å². The first-order valence-electron chi connectivity index (χ1n) is 8.89. The lowest BCUT2D eigenvalue weighted by molar-refractivity contribution is -0.150. The average Bonchev–Trinajstić information content (AvgIpc) is 3.24. The summed E-state index contributed by atoms with van der Waals surface area (Å²) in [6, 6.07) is -1.67. The molecule has 2 N–H and O–H groups in total. The first-order chi connectivity index (χ1) is 11.4. The van der Waals surface area contributed by atoms with Gasteiger partial charge in [-0.25, -0.2) is 9.59 Å². The maximum absolute atomic E-state index is 12.8. The normalized spacial score (nSPS) is 16.9. The van der Waals surface area contributed by atoms with Gasteiger partial charge in [0.1, 0.15) is 17.7 Å². The Labute approximate surface area is 150 Å². The average molecular weight is 356 g/mol. The van der Waals surface area contributed by atoms with E-state index in [2.05, 4.69) is 5.32 Å². The minimum absolute atomic E-state index is 0.136. The van der Waals surface area contributed by atoms with E-state index in [9.17, 15) is 19.5 Å². The van der Waals surface area contributed by atoms with E-state index in [4.69, 9.17) is 4.74 Å². The van der Waals surface area contributed by atoms with Crippen LogP contribution in [0.3, 0.4) is 0 Å². The Balaban J connectivity index is 2.83. The summed E-state index contributed by atoms with van der Waals surface area (Å²) in [6.45, 7) is 9.07. The van der Waals surface area contributed by atoms with E-state index in [0.717, 1.165) is 12.8 Å². The van der Waals surface area contributed by atoms with E-state index >= 15 is 0 Å². The lowest BCUT2D eigenvalue weighted by atomic mass is 10.0. The zero-order chi connectivity index (χ0) is 19.4.